The van der Waals surface area contributed by atoms with E-state index < -0.39 is 10.0 Å². The number of sulfonamides is 1. The molecule has 2 rings (SSSR count). The molecule has 1 fully saturated rings. The van der Waals surface area contributed by atoms with Crippen LogP contribution in [0.15, 0.2) is 46.3 Å². The molecule has 0 atom stereocenters. The van der Waals surface area contributed by atoms with Crippen molar-refractivity contribution in [2.45, 2.75) is 68.4 Å². The minimum absolute atomic E-state index is 0.0477. The van der Waals surface area contributed by atoms with Gasteiger partial charge in [-0.25, -0.2) is 8.42 Å². The van der Waals surface area contributed by atoms with E-state index in [1.165, 1.54) is 19.3 Å². The second-order valence-electron chi connectivity index (χ2n) is 7.68. The monoisotopic (exact) mass is 486 g/mol. The third kappa shape index (κ3) is 8.13. The van der Waals surface area contributed by atoms with Crippen molar-refractivity contribution in [1.29, 1.82) is 0 Å². The molecular formula is C22H35BrN2O3S. The second kappa shape index (κ2) is 12.8. The highest BCUT2D eigenvalue weighted by Gasteiger charge is 2.31. The number of benzene rings is 1. The van der Waals surface area contributed by atoms with E-state index in [9.17, 15) is 8.42 Å². The van der Waals surface area contributed by atoms with E-state index in [-0.39, 0.29) is 12.1 Å². The van der Waals surface area contributed by atoms with Gasteiger partial charge in [-0.3, -0.25) is 0 Å². The lowest BCUT2D eigenvalue weighted by Gasteiger charge is -2.34. The molecule has 1 saturated carbocycles. The van der Waals surface area contributed by atoms with Crippen molar-refractivity contribution in [2.75, 3.05) is 26.7 Å². The van der Waals surface area contributed by atoms with Gasteiger partial charge in [0.15, 0.2) is 0 Å². The number of unbranched alkanes of at least 4 members (excludes halogenated alkanes) is 3. The molecule has 0 aromatic heterocycles. The second-order valence-corrected chi connectivity index (χ2v) is 10.6. The van der Waals surface area contributed by atoms with Crippen LogP contribution < -0.4 is 5.32 Å². The molecule has 7 heteroatoms. The Labute approximate surface area is 185 Å². The average Bonchev–Trinajstić information content (AvgIpc) is 2.73. The largest absolute Gasteiger partial charge is 0.378 e. The summed E-state index contributed by atoms with van der Waals surface area (Å²) in [4.78, 5) is 0.348. The molecule has 0 heterocycles. The number of ether oxygens (including phenoxy) is 1. The summed E-state index contributed by atoms with van der Waals surface area (Å²) in [7, 11) is -1.75. The zero-order valence-electron chi connectivity index (χ0n) is 17.5. The minimum atomic E-state index is -3.45. The molecule has 1 aromatic rings. The number of hydrogen-bond donors (Lipinski definition) is 1. The van der Waals surface area contributed by atoms with Gasteiger partial charge in [0.05, 0.1) is 11.0 Å². The number of rotatable bonds is 13. The Kier molecular flexibility index (Phi) is 10.9. The number of hydrogen-bond acceptors (Lipinski definition) is 4. The lowest BCUT2D eigenvalue weighted by Crippen LogP contribution is -2.40. The first-order valence-electron chi connectivity index (χ1n) is 10.6. The lowest BCUT2D eigenvalue weighted by molar-refractivity contribution is 0.0157. The van der Waals surface area contributed by atoms with Crippen LogP contribution in [0, 0.1) is 0 Å². The van der Waals surface area contributed by atoms with E-state index in [2.05, 4.69) is 27.8 Å². The Morgan fingerprint density at radius 1 is 1.14 bits per heavy atom. The Morgan fingerprint density at radius 2 is 1.79 bits per heavy atom. The summed E-state index contributed by atoms with van der Waals surface area (Å²) in [6, 6.07) is 6.89. The zero-order chi connectivity index (χ0) is 21.1. The van der Waals surface area contributed by atoms with Gasteiger partial charge in [0.1, 0.15) is 0 Å². The van der Waals surface area contributed by atoms with E-state index in [0.717, 1.165) is 56.3 Å². The summed E-state index contributed by atoms with van der Waals surface area (Å²) in [5.41, 5.74) is 0. The lowest BCUT2D eigenvalue weighted by atomic mass is 9.93. The first-order chi connectivity index (χ1) is 13.9. The van der Waals surface area contributed by atoms with Crippen LogP contribution in [0.2, 0.25) is 0 Å². The van der Waals surface area contributed by atoms with E-state index in [1.807, 2.05) is 6.08 Å². The SMILES string of the molecule is C=CCNCCCCCCOC1CCC(N(C)S(=O)(=O)c2ccc(Br)cc2)CC1. The molecule has 0 bridgehead atoms. The predicted octanol–water partition coefficient (Wildman–Crippen LogP) is 4.73. The average molecular weight is 488 g/mol. The smallest absolute Gasteiger partial charge is 0.243 e. The Morgan fingerprint density at radius 3 is 2.45 bits per heavy atom. The van der Waals surface area contributed by atoms with E-state index in [4.69, 9.17) is 4.74 Å². The molecule has 0 radical (unpaired) electrons. The van der Waals surface area contributed by atoms with Crippen molar-refractivity contribution < 1.29 is 13.2 Å². The van der Waals surface area contributed by atoms with Gasteiger partial charge < -0.3 is 10.1 Å². The van der Waals surface area contributed by atoms with E-state index >= 15 is 0 Å². The Hall–Kier alpha value is -0.730. The standard InChI is InChI=1S/C22H35BrN2O3S/c1-3-16-24-17-6-4-5-7-18-28-21-12-10-20(11-13-21)25(2)29(26,27)22-14-8-19(23)9-15-22/h3,8-9,14-15,20-21,24H,1,4-7,10-13,16-18H2,2H3. The maximum absolute atomic E-state index is 12.8. The summed E-state index contributed by atoms with van der Waals surface area (Å²) >= 11 is 3.35. The highest BCUT2D eigenvalue weighted by Crippen LogP contribution is 2.28. The first-order valence-corrected chi connectivity index (χ1v) is 12.8. The Bertz CT molecular complexity index is 701. The molecule has 0 aliphatic heterocycles. The molecule has 0 spiro atoms. The molecule has 1 aliphatic rings. The predicted molar refractivity (Wildman–Crippen MR) is 123 cm³/mol. The molecule has 1 N–H and O–H groups in total. The van der Waals surface area contributed by atoms with Gasteiger partial charge in [0.2, 0.25) is 10.0 Å². The van der Waals surface area contributed by atoms with Crippen LogP contribution in [0.25, 0.3) is 0 Å². The fourth-order valence-electron chi connectivity index (χ4n) is 3.70. The molecule has 0 amide bonds. The van der Waals surface area contributed by atoms with E-state index in [0.29, 0.717) is 4.90 Å². The van der Waals surface area contributed by atoms with Gasteiger partial charge >= 0.3 is 0 Å². The topological polar surface area (TPSA) is 58.6 Å². The van der Waals surface area contributed by atoms with Crippen LogP contribution in [0.3, 0.4) is 0 Å². The van der Waals surface area contributed by atoms with Crippen LogP contribution in [0.1, 0.15) is 51.4 Å². The van der Waals surface area contributed by atoms with Gasteiger partial charge in [-0.05, 0) is 69.3 Å². The van der Waals surface area contributed by atoms with Crippen LogP contribution >= 0.6 is 15.9 Å². The van der Waals surface area contributed by atoms with Crippen molar-refractivity contribution >= 4 is 26.0 Å². The van der Waals surface area contributed by atoms with Crippen LogP contribution in [-0.4, -0.2) is 51.6 Å². The van der Waals surface area contributed by atoms with Gasteiger partial charge in [0, 0.05) is 30.7 Å². The van der Waals surface area contributed by atoms with Gasteiger partial charge in [-0.15, -0.1) is 6.58 Å². The van der Waals surface area contributed by atoms with Crippen molar-refractivity contribution in [3.63, 3.8) is 0 Å². The fourth-order valence-corrected chi connectivity index (χ4v) is 5.38. The maximum atomic E-state index is 12.8. The first kappa shape index (κ1) is 24.5. The maximum Gasteiger partial charge on any atom is 0.243 e. The molecule has 0 saturated heterocycles. The summed E-state index contributed by atoms with van der Waals surface area (Å²) in [6.07, 6.45) is 10.4. The summed E-state index contributed by atoms with van der Waals surface area (Å²) in [6.45, 7) is 6.43. The molecule has 0 unspecified atom stereocenters. The van der Waals surface area contributed by atoms with E-state index in [1.54, 1.807) is 35.6 Å². The summed E-state index contributed by atoms with van der Waals surface area (Å²) in [5.74, 6) is 0. The summed E-state index contributed by atoms with van der Waals surface area (Å²) in [5, 5.41) is 3.32. The molecule has 164 valence electrons. The zero-order valence-corrected chi connectivity index (χ0v) is 19.9. The summed E-state index contributed by atoms with van der Waals surface area (Å²) < 4.78 is 34.2. The normalized spacial score (nSPS) is 20.1. The quantitative estimate of drug-likeness (QED) is 0.323. The highest BCUT2D eigenvalue weighted by molar-refractivity contribution is 9.10. The van der Waals surface area contributed by atoms with Gasteiger partial charge in [0.25, 0.3) is 0 Å². The van der Waals surface area contributed by atoms with Crippen molar-refractivity contribution in [2.24, 2.45) is 0 Å². The fraction of sp³-hybridized carbons (Fsp3) is 0.636. The molecule has 29 heavy (non-hydrogen) atoms. The third-order valence-corrected chi connectivity index (χ3v) is 7.99. The number of halogens is 1. The van der Waals surface area contributed by atoms with Crippen molar-refractivity contribution in [3.8, 4) is 0 Å². The number of nitrogens with one attached hydrogen (secondary N) is 1. The molecule has 5 nitrogen and oxygen atoms in total. The Balaban J connectivity index is 1.64. The van der Waals surface area contributed by atoms with Gasteiger partial charge in [-0.1, -0.05) is 34.8 Å². The third-order valence-electron chi connectivity index (χ3n) is 5.54. The minimum Gasteiger partial charge on any atom is -0.378 e. The highest BCUT2D eigenvalue weighted by atomic mass is 79.9. The van der Waals surface area contributed by atoms with Crippen LogP contribution in [0.4, 0.5) is 0 Å². The van der Waals surface area contributed by atoms with Crippen LogP contribution in [0.5, 0.6) is 0 Å². The van der Waals surface area contributed by atoms with Gasteiger partial charge in [-0.2, -0.15) is 4.31 Å². The number of nitrogens with zero attached hydrogens (tertiary/aromatic N) is 1. The molecular weight excluding hydrogens is 452 g/mol. The van der Waals surface area contributed by atoms with Crippen molar-refractivity contribution in [3.05, 3.63) is 41.4 Å². The van der Waals surface area contributed by atoms with Crippen molar-refractivity contribution in [1.82, 2.24) is 9.62 Å². The molecule has 1 aliphatic carbocycles. The molecule has 1 aromatic carbocycles. The van der Waals surface area contributed by atoms with Crippen LogP contribution in [-0.2, 0) is 14.8 Å².